The number of halogens is 3. The standard InChI is InChI=1S/C16H16F3N3O3S/c1-26(24,25)22-10-9-21-15(23)12-6-4-11(5-7-12)14-13(16(17,18)19)3-2-8-20-14/h2-8,22H,9-10H2,1H3,(H,21,23). The lowest BCUT2D eigenvalue weighted by molar-refractivity contribution is -0.137. The number of amides is 1. The van der Waals surface area contributed by atoms with Gasteiger partial charge in [-0.1, -0.05) is 12.1 Å². The topological polar surface area (TPSA) is 88.2 Å². The molecule has 2 N–H and O–H groups in total. The van der Waals surface area contributed by atoms with Crippen molar-refractivity contribution in [2.75, 3.05) is 19.3 Å². The van der Waals surface area contributed by atoms with Gasteiger partial charge in [0.25, 0.3) is 5.91 Å². The number of hydrogen-bond donors (Lipinski definition) is 2. The summed E-state index contributed by atoms with van der Waals surface area (Å²) in [6, 6.07) is 7.66. The molecular weight excluding hydrogens is 371 g/mol. The molecule has 2 rings (SSSR count). The normalized spacial score (nSPS) is 12.0. The van der Waals surface area contributed by atoms with Gasteiger partial charge in [0.1, 0.15) is 0 Å². The fourth-order valence-electron chi connectivity index (χ4n) is 2.16. The zero-order chi connectivity index (χ0) is 19.4. The molecule has 0 saturated carbocycles. The Bertz CT molecular complexity index is 882. The number of carbonyl (C=O) groups is 1. The van der Waals surface area contributed by atoms with Crippen molar-refractivity contribution in [3.8, 4) is 11.3 Å². The summed E-state index contributed by atoms with van der Waals surface area (Å²) in [5.41, 5.74) is -0.612. The molecule has 2 aromatic rings. The van der Waals surface area contributed by atoms with Crippen molar-refractivity contribution < 1.29 is 26.4 Å². The van der Waals surface area contributed by atoms with Crippen LogP contribution in [0.1, 0.15) is 15.9 Å². The van der Waals surface area contributed by atoms with Crippen LogP contribution in [0.25, 0.3) is 11.3 Å². The molecule has 0 fully saturated rings. The van der Waals surface area contributed by atoms with Gasteiger partial charge in [-0.3, -0.25) is 9.78 Å². The molecule has 0 aliphatic rings. The van der Waals surface area contributed by atoms with Gasteiger partial charge >= 0.3 is 6.18 Å². The van der Waals surface area contributed by atoms with Gasteiger partial charge in [0.15, 0.2) is 0 Å². The lowest BCUT2D eigenvalue weighted by atomic mass is 10.0. The van der Waals surface area contributed by atoms with Gasteiger partial charge in [0, 0.05) is 30.4 Å². The summed E-state index contributed by atoms with van der Waals surface area (Å²) < 4.78 is 63.2. The minimum absolute atomic E-state index is 0.0333. The Kier molecular flexibility index (Phi) is 5.98. The van der Waals surface area contributed by atoms with Crippen LogP contribution < -0.4 is 10.0 Å². The maximum atomic E-state index is 13.0. The Hall–Kier alpha value is -2.46. The highest BCUT2D eigenvalue weighted by Gasteiger charge is 2.34. The number of nitrogens with zero attached hydrogens (tertiary/aromatic N) is 1. The van der Waals surface area contributed by atoms with Crippen LogP contribution in [0.15, 0.2) is 42.6 Å². The summed E-state index contributed by atoms with van der Waals surface area (Å²) in [7, 11) is -3.34. The van der Waals surface area contributed by atoms with Crippen molar-refractivity contribution in [2.45, 2.75) is 6.18 Å². The summed E-state index contributed by atoms with van der Waals surface area (Å²) in [4.78, 5) is 15.7. The molecule has 0 saturated heterocycles. The summed E-state index contributed by atoms with van der Waals surface area (Å²) >= 11 is 0. The van der Waals surface area contributed by atoms with E-state index in [9.17, 15) is 26.4 Å². The first-order chi connectivity index (χ1) is 12.1. The fourth-order valence-corrected chi connectivity index (χ4v) is 2.63. The number of pyridine rings is 1. The summed E-state index contributed by atoms with van der Waals surface area (Å²) in [6.45, 7) is 0.109. The maximum Gasteiger partial charge on any atom is 0.418 e. The highest BCUT2D eigenvalue weighted by Crippen LogP contribution is 2.35. The number of alkyl halides is 3. The number of sulfonamides is 1. The molecule has 1 aromatic heterocycles. The van der Waals surface area contributed by atoms with Gasteiger partial charge in [-0.05, 0) is 24.3 Å². The molecule has 6 nitrogen and oxygen atoms in total. The van der Waals surface area contributed by atoms with E-state index in [0.29, 0.717) is 0 Å². The number of nitrogens with one attached hydrogen (secondary N) is 2. The molecule has 26 heavy (non-hydrogen) atoms. The van der Waals surface area contributed by atoms with E-state index in [-0.39, 0.29) is 29.9 Å². The molecule has 1 aromatic carbocycles. The average Bonchev–Trinajstić information content (AvgIpc) is 2.57. The van der Waals surface area contributed by atoms with Crippen LogP contribution in [-0.4, -0.2) is 38.7 Å². The van der Waals surface area contributed by atoms with Crippen LogP contribution in [0, 0.1) is 0 Å². The lowest BCUT2D eigenvalue weighted by Gasteiger charge is -2.12. The van der Waals surface area contributed by atoms with E-state index < -0.39 is 27.7 Å². The largest absolute Gasteiger partial charge is 0.418 e. The molecule has 0 aliphatic heterocycles. The first-order valence-corrected chi connectivity index (χ1v) is 9.32. The third-order valence-corrected chi connectivity index (χ3v) is 4.04. The van der Waals surface area contributed by atoms with Crippen molar-refractivity contribution in [1.29, 1.82) is 0 Å². The van der Waals surface area contributed by atoms with E-state index in [4.69, 9.17) is 0 Å². The molecule has 0 aliphatic carbocycles. The van der Waals surface area contributed by atoms with Gasteiger partial charge in [0.05, 0.1) is 17.5 Å². The monoisotopic (exact) mass is 387 g/mol. The second-order valence-corrected chi connectivity index (χ2v) is 7.23. The van der Waals surface area contributed by atoms with E-state index in [1.807, 2.05) is 0 Å². The molecular formula is C16H16F3N3O3S. The Balaban J connectivity index is 2.08. The van der Waals surface area contributed by atoms with E-state index in [1.54, 1.807) is 0 Å². The number of carbonyl (C=O) groups excluding carboxylic acids is 1. The average molecular weight is 387 g/mol. The second kappa shape index (κ2) is 7.83. The molecule has 10 heteroatoms. The van der Waals surface area contributed by atoms with Crippen LogP contribution in [0.5, 0.6) is 0 Å². The summed E-state index contributed by atoms with van der Waals surface area (Å²) in [5.74, 6) is -0.469. The summed E-state index contributed by atoms with van der Waals surface area (Å²) in [5, 5.41) is 2.50. The number of benzene rings is 1. The van der Waals surface area contributed by atoms with Gasteiger partial charge in [0.2, 0.25) is 10.0 Å². The number of aromatic nitrogens is 1. The van der Waals surface area contributed by atoms with E-state index in [0.717, 1.165) is 12.3 Å². The molecule has 0 radical (unpaired) electrons. The van der Waals surface area contributed by atoms with Crippen LogP contribution >= 0.6 is 0 Å². The zero-order valence-electron chi connectivity index (χ0n) is 13.7. The van der Waals surface area contributed by atoms with Gasteiger partial charge in [-0.25, -0.2) is 13.1 Å². The second-order valence-electron chi connectivity index (χ2n) is 5.40. The zero-order valence-corrected chi connectivity index (χ0v) is 14.5. The lowest BCUT2D eigenvalue weighted by Crippen LogP contribution is -2.34. The molecule has 0 atom stereocenters. The van der Waals surface area contributed by atoms with Crippen LogP contribution in [0.4, 0.5) is 13.2 Å². The first kappa shape index (κ1) is 19.9. The van der Waals surface area contributed by atoms with Crippen molar-refractivity contribution in [3.63, 3.8) is 0 Å². The Labute approximate surface area is 148 Å². The van der Waals surface area contributed by atoms with Gasteiger partial charge in [-0.15, -0.1) is 0 Å². The minimum Gasteiger partial charge on any atom is -0.351 e. The van der Waals surface area contributed by atoms with Crippen molar-refractivity contribution >= 4 is 15.9 Å². The van der Waals surface area contributed by atoms with Gasteiger partial charge < -0.3 is 5.32 Å². The quantitative estimate of drug-likeness (QED) is 0.743. The SMILES string of the molecule is CS(=O)(=O)NCCNC(=O)c1ccc(-c2ncccc2C(F)(F)F)cc1. The Morgan fingerprint density at radius 2 is 1.77 bits per heavy atom. The van der Waals surface area contributed by atoms with Crippen molar-refractivity contribution in [2.24, 2.45) is 0 Å². The maximum absolute atomic E-state index is 13.0. The van der Waals surface area contributed by atoms with Crippen LogP contribution in [-0.2, 0) is 16.2 Å². The molecule has 0 spiro atoms. The highest BCUT2D eigenvalue weighted by atomic mass is 32.2. The van der Waals surface area contributed by atoms with Crippen molar-refractivity contribution in [1.82, 2.24) is 15.0 Å². The molecule has 0 unspecified atom stereocenters. The van der Waals surface area contributed by atoms with E-state index in [2.05, 4.69) is 15.0 Å². The molecule has 140 valence electrons. The summed E-state index contributed by atoms with van der Waals surface area (Å²) in [6.07, 6.45) is -2.27. The van der Waals surface area contributed by atoms with E-state index in [1.165, 1.54) is 36.5 Å². The molecule has 0 bridgehead atoms. The fraction of sp³-hybridized carbons (Fsp3) is 0.250. The molecule has 1 amide bonds. The highest BCUT2D eigenvalue weighted by molar-refractivity contribution is 7.88. The number of hydrogen-bond acceptors (Lipinski definition) is 4. The predicted molar refractivity (Wildman–Crippen MR) is 89.9 cm³/mol. The molecule has 1 heterocycles. The first-order valence-electron chi connectivity index (χ1n) is 7.43. The van der Waals surface area contributed by atoms with Crippen LogP contribution in [0.2, 0.25) is 0 Å². The van der Waals surface area contributed by atoms with Gasteiger partial charge in [-0.2, -0.15) is 13.2 Å². The van der Waals surface area contributed by atoms with E-state index >= 15 is 0 Å². The third kappa shape index (κ3) is 5.53. The predicted octanol–water partition coefficient (Wildman–Crippen LogP) is 2.05. The Morgan fingerprint density at radius 3 is 2.35 bits per heavy atom. The third-order valence-electron chi connectivity index (χ3n) is 3.31. The smallest absolute Gasteiger partial charge is 0.351 e. The minimum atomic E-state index is -4.54. The van der Waals surface area contributed by atoms with Crippen LogP contribution in [0.3, 0.4) is 0 Å². The van der Waals surface area contributed by atoms with Crippen molar-refractivity contribution in [3.05, 3.63) is 53.7 Å². The number of rotatable bonds is 6. The Morgan fingerprint density at radius 1 is 1.12 bits per heavy atom.